The van der Waals surface area contributed by atoms with Gasteiger partial charge in [-0.1, -0.05) is 46.7 Å². The molecule has 3 heterocycles. The number of rotatable bonds is 12. The van der Waals surface area contributed by atoms with Crippen molar-refractivity contribution >= 4 is 11.7 Å². The molecule has 0 aromatic carbocycles. The molecule has 0 bridgehead atoms. The van der Waals surface area contributed by atoms with E-state index >= 15 is 0 Å². The Hall–Kier alpha value is -1.54. The van der Waals surface area contributed by atoms with E-state index in [1.54, 1.807) is 48.5 Å². The van der Waals surface area contributed by atoms with Crippen LogP contribution < -0.4 is 0 Å². The molecule has 3 saturated heterocycles. The third-order valence-corrected chi connectivity index (χ3v) is 12.6. The van der Waals surface area contributed by atoms with Crippen molar-refractivity contribution in [3.05, 3.63) is 0 Å². The van der Waals surface area contributed by atoms with Crippen molar-refractivity contribution < 1.29 is 68.3 Å². The molecule has 3 fully saturated rings. The van der Waals surface area contributed by atoms with Crippen molar-refractivity contribution in [1.82, 2.24) is 4.90 Å². The highest BCUT2D eigenvalue weighted by Crippen LogP contribution is 2.41. The number of cyclic esters (lactones) is 1. The van der Waals surface area contributed by atoms with Gasteiger partial charge in [0.1, 0.15) is 23.9 Å². The van der Waals surface area contributed by atoms with Crippen LogP contribution in [0.25, 0.3) is 0 Å². The van der Waals surface area contributed by atoms with Gasteiger partial charge in [0.2, 0.25) is 6.79 Å². The SMILES string of the molecule is CCC1OC(=O)[C@H](C)C(O[C@H]2C[C@@](C)(OC)[C@@H](O)[C@H](C)O2)[C@H](C)[C@@H](O[C@@H]2O[C@H](C)C[C@H](N(C)C)[C@H]2O)[C@](C)(O)C[C@@H](C)/C(=N\OCOCC(C)C)[C@H](C)[C@@H](O)[C@]1(C)O. The molecular formula is C42H78N2O14. The molecule has 3 aliphatic rings. The van der Waals surface area contributed by atoms with Crippen LogP contribution in [-0.4, -0.2) is 161 Å². The van der Waals surface area contributed by atoms with Gasteiger partial charge in [-0.15, -0.1) is 0 Å². The van der Waals surface area contributed by atoms with Crippen LogP contribution in [0.5, 0.6) is 0 Å². The zero-order valence-corrected chi connectivity index (χ0v) is 37.8. The quantitative estimate of drug-likeness (QED) is 0.0829. The van der Waals surface area contributed by atoms with E-state index in [1.807, 2.05) is 46.7 Å². The molecule has 340 valence electrons. The Morgan fingerprint density at radius 2 is 1.57 bits per heavy atom. The molecule has 3 rings (SSSR count). The van der Waals surface area contributed by atoms with Crippen LogP contribution in [-0.2, 0) is 42.8 Å². The van der Waals surface area contributed by atoms with E-state index in [0.29, 0.717) is 18.7 Å². The summed E-state index contributed by atoms with van der Waals surface area (Å²) in [6, 6.07) is -0.322. The zero-order chi connectivity index (χ0) is 44.1. The Morgan fingerprint density at radius 3 is 2.14 bits per heavy atom. The van der Waals surface area contributed by atoms with Crippen LogP contribution in [0.4, 0.5) is 0 Å². The predicted octanol–water partition coefficient (Wildman–Crippen LogP) is 3.22. The minimum atomic E-state index is -1.95. The fourth-order valence-electron chi connectivity index (χ4n) is 9.02. The van der Waals surface area contributed by atoms with Gasteiger partial charge in [0.05, 0.1) is 60.0 Å². The summed E-state index contributed by atoms with van der Waals surface area (Å²) >= 11 is 0. The lowest BCUT2D eigenvalue weighted by molar-refractivity contribution is -0.317. The van der Waals surface area contributed by atoms with Gasteiger partial charge < -0.3 is 68.4 Å². The minimum absolute atomic E-state index is 0.0145. The largest absolute Gasteiger partial charge is 0.459 e. The number of hydrogen-bond donors (Lipinski definition) is 5. The number of aliphatic hydroxyl groups is 5. The van der Waals surface area contributed by atoms with Gasteiger partial charge in [0, 0.05) is 37.3 Å². The molecule has 0 amide bonds. The summed E-state index contributed by atoms with van der Waals surface area (Å²) in [6.07, 6.45) is -9.37. The molecule has 0 aromatic heterocycles. The van der Waals surface area contributed by atoms with Crippen molar-refractivity contribution in [2.45, 2.75) is 193 Å². The first-order valence-electron chi connectivity index (χ1n) is 21.1. The predicted molar refractivity (Wildman–Crippen MR) is 215 cm³/mol. The Balaban J connectivity index is 2.23. The third-order valence-electron chi connectivity index (χ3n) is 12.6. The second-order valence-electron chi connectivity index (χ2n) is 18.6. The maximum Gasteiger partial charge on any atom is 0.311 e. The lowest BCUT2D eigenvalue weighted by atomic mass is 9.73. The molecule has 16 nitrogen and oxygen atoms in total. The van der Waals surface area contributed by atoms with Crippen molar-refractivity contribution in [3.8, 4) is 0 Å². The molecule has 0 saturated carbocycles. The molecule has 2 unspecified atom stereocenters. The second kappa shape index (κ2) is 21.0. The molecule has 16 heteroatoms. The maximum atomic E-state index is 14.3. The van der Waals surface area contributed by atoms with Crippen molar-refractivity contribution in [3.63, 3.8) is 0 Å². The zero-order valence-electron chi connectivity index (χ0n) is 37.8. The Morgan fingerprint density at radius 1 is 0.931 bits per heavy atom. The number of ether oxygens (including phenoxy) is 7. The molecule has 0 spiro atoms. The first-order valence-corrected chi connectivity index (χ1v) is 21.1. The van der Waals surface area contributed by atoms with Gasteiger partial charge in [0.25, 0.3) is 0 Å². The molecule has 0 aromatic rings. The van der Waals surface area contributed by atoms with E-state index in [-0.39, 0.29) is 44.1 Å². The van der Waals surface area contributed by atoms with Crippen molar-refractivity contribution in [1.29, 1.82) is 0 Å². The normalized spacial score (nSPS) is 45.9. The van der Waals surface area contributed by atoms with E-state index in [0.717, 1.165) is 0 Å². The van der Waals surface area contributed by atoms with Crippen LogP contribution in [0.15, 0.2) is 5.16 Å². The average molecular weight is 835 g/mol. The summed E-state index contributed by atoms with van der Waals surface area (Å²) in [5.41, 5.74) is -4.44. The van der Waals surface area contributed by atoms with Gasteiger partial charge >= 0.3 is 5.97 Å². The maximum absolute atomic E-state index is 14.3. The van der Waals surface area contributed by atoms with Crippen LogP contribution in [0, 0.1) is 29.6 Å². The fourth-order valence-corrected chi connectivity index (χ4v) is 9.02. The molecule has 5 N–H and O–H groups in total. The van der Waals surface area contributed by atoms with Crippen LogP contribution in [0.1, 0.15) is 109 Å². The number of methoxy groups -OCH3 is 1. The van der Waals surface area contributed by atoms with Crippen LogP contribution in [0.2, 0.25) is 0 Å². The standard InChI is InChI=1S/C42H78N2O14/c1-16-30-42(12,50)35(46)25(6)32(43-53-21-52-20-22(2)3)23(4)18-40(10,49)37(58-39-33(45)29(44(13)14)17-24(5)54-39)26(7)34(27(8)38(48)56-30)57-31-19-41(11,51-15)36(47)28(9)55-31/h22-31,33-37,39,45-47,49-50H,16-21H2,1-15H3/b43-32+/t23-,24-,25+,26+,27-,28+,29+,30?,31+,33-,34?,35-,36+,37-,39+,40-,41-,42-/m1/s1. The second-order valence-corrected chi connectivity index (χ2v) is 18.6. The number of nitrogens with zero attached hydrogens (tertiary/aromatic N) is 2. The highest BCUT2D eigenvalue weighted by Gasteiger charge is 2.53. The summed E-state index contributed by atoms with van der Waals surface area (Å²) < 4.78 is 43.3. The number of esters is 1. The van der Waals surface area contributed by atoms with Crippen molar-refractivity contribution in [2.75, 3.05) is 34.6 Å². The number of likely N-dealkylation sites (N-methyl/N-ethyl adjacent to an activating group) is 1. The Kier molecular flexibility index (Phi) is 18.4. The summed E-state index contributed by atoms with van der Waals surface area (Å²) in [6.45, 7) is 21.3. The molecule has 3 aliphatic heterocycles. The van der Waals surface area contributed by atoms with Crippen LogP contribution >= 0.6 is 0 Å². The van der Waals surface area contributed by atoms with Gasteiger partial charge in [-0.2, -0.15) is 0 Å². The first-order chi connectivity index (χ1) is 26.8. The lowest BCUT2D eigenvalue weighted by Crippen LogP contribution is -2.61. The lowest BCUT2D eigenvalue weighted by Gasteiger charge is -2.49. The van der Waals surface area contributed by atoms with E-state index in [4.69, 9.17) is 38.0 Å². The van der Waals surface area contributed by atoms with Gasteiger partial charge in [-0.3, -0.25) is 4.79 Å². The van der Waals surface area contributed by atoms with Crippen LogP contribution in [0.3, 0.4) is 0 Å². The number of carbonyl (C=O) groups is 1. The highest BCUT2D eigenvalue weighted by molar-refractivity contribution is 5.88. The number of aliphatic hydroxyl groups excluding tert-OH is 3. The highest BCUT2D eigenvalue weighted by atomic mass is 16.7. The third kappa shape index (κ3) is 12.1. The fraction of sp³-hybridized carbons (Fsp3) is 0.952. The average Bonchev–Trinajstić information content (AvgIpc) is 3.14. The molecule has 0 aliphatic carbocycles. The molecule has 18 atom stereocenters. The number of carbonyl (C=O) groups excluding carboxylic acids is 1. The molecule has 0 radical (unpaired) electrons. The molecule has 58 heavy (non-hydrogen) atoms. The van der Waals surface area contributed by atoms with E-state index in [2.05, 4.69) is 5.16 Å². The van der Waals surface area contributed by atoms with Gasteiger partial charge in [0.15, 0.2) is 12.6 Å². The topological polar surface area (TPSA) is 208 Å². The smallest absolute Gasteiger partial charge is 0.311 e. The Labute approximate surface area is 346 Å². The summed E-state index contributed by atoms with van der Waals surface area (Å²) in [5, 5.41) is 63.7. The number of oxime groups is 1. The minimum Gasteiger partial charge on any atom is -0.459 e. The van der Waals surface area contributed by atoms with E-state index < -0.39 is 102 Å². The van der Waals surface area contributed by atoms with Gasteiger partial charge in [-0.05, 0) is 80.8 Å². The van der Waals surface area contributed by atoms with E-state index in [1.165, 1.54) is 14.0 Å². The Bertz CT molecular complexity index is 1320. The van der Waals surface area contributed by atoms with E-state index in [9.17, 15) is 30.3 Å². The monoisotopic (exact) mass is 835 g/mol. The summed E-state index contributed by atoms with van der Waals surface area (Å²) in [7, 11) is 5.23. The number of hydrogen-bond acceptors (Lipinski definition) is 16. The molecular weight excluding hydrogens is 756 g/mol. The summed E-state index contributed by atoms with van der Waals surface area (Å²) in [5.74, 6) is -3.82. The van der Waals surface area contributed by atoms with Gasteiger partial charge in [-0.25, -0.2) is 0 Å². The van der Waals surface area contributed by atoms with Crippen molar-refractivity contribution in [2.24, 2.45) is 34.7 Å². The summed E-state index contributed by atoms with van der Waals surface area (Å²) in [4.78, 5) is 21.9. The first kappa shape index (κ1) is 50.8.